The van der Waals surface area contributed by atoms with Gasteiger partial charge < -0.3 is 10.6 Å². The van der Waals surface area contributed by atoms with Crippen LogP contribution in [0, 0.1) is 18.3 Å². The highest BCUT2D eigenvalue weighted by Crippen LogP contribution is 2.34. The molecule has 0 spiro atoms. The monoisotopic (exact) mass is 332 g/mol. The minimum atomic E-state index is -4.47. The van der Waals surface area contributed by atoms with E-state index in [-0.39, 0.29) is 29.1 Å². The minimum absolute atomic E-state index is 0.0739. The van der Waals surface area contributed by atoms with E-state index >= 15 is 0 Å². The molecule has 0 aromatic heterocycles. The lowest BCUT2D eigenvalue weighted by Gasteiger charge is -2.23. The molecule has 1 aromatic carbocycles. The first kappa shape index (κ1) is 18.2. The lowest BCUT2D eigenvalue weighted by atomic mass is 10.0. The van der Waals surface area contributed by atoms with Crippen LogP contribution in [0.2, 0.25) is 5.02 Å². The number of halogens is 4. The highest BCUT2D eigenvalue weighted by molar-refractivity contribution is 6.33. The molecule has 1 rings (SSSR count). The van der Waals surface area contributed by atoms with Crippen LogP contribution in [0.5, 0.6) is 0 Å². The molecule has 0 aliphatic heterocycles. The maximum atomic E-state index is 12.6. The summed E-state index contributed by atoms with van der Waals surface area (Å²) in [5.74, 6) is 1.82. The second-order valence-corrected chi connectivity index (χ2v) is 5.39. The predicted octanol–water partition coefficient (Wildman–Crippen LogP) is 3.54. The first-order valence-corrected chi connectivity index (χ1v) is 6.89. The number of rotatable bonds is 5. The number of benzene rings is 1. The van der Waals surface area contributed by atoms with Crippen molar-refractivity contribution >= 4 is 23.2 Å². The fraction of sp³-hybridized carbons (Fsp3) is 0.400. The van der Waals surface area contributed by atoms with Crippen molar-refractivity contribution in [1.82, 2.24) is 5.32 Å². The number of alkyl halides is 3. The summed E-state index contributed by atoms with van der Waals surface area (Å²) in [6, 6.07) is 2.27. The van der Waals surface area contributed by atoms with Crippen LogP contribution in [0.1, 0.15) is 19.4 Å². The van der Waals surface area contributed by atoms with Gasteiger partial charge in [0.1, 0.15) is 6.04 Å². The molecule has 2 N–H and O–H groups in total. The Balaban J connectivity index is 2.95. The molecule has 0 saturated heterocycles. The fourth-order valence-electron chi connectivity index (χ4n) is 1.76. The predicted molar refractivity (Wildman–Crippen MR) is 80.5 cm³/mol. The summed E-state index contributed by atoms with van der Waals surface area (Å²) in [6.07, 6.45) is 0.606. The van der Waals surface area contributed by atoms with Crippen molar-refractivity contribution in [2.45, 2.75) is 26.1 Å². The molecule has 0 fully saturated rings. The van der Waals surface area contributed by atoms with E-state index < -0.39 is 17.8 Å². The average Bonchev–Trinajstić information content (AvgIpc) is 2.41. The average molecular weight is 333 g/mol. The molecular weight excluding hydrogens is 317 g/mol. The van der Waals surface area contributed by atoms with Gasteiger partial charge in [-0.1, -0.05) is 31.4 Å². The summed E-state index contributed by atoms with van der Waals surface area (Å²) >= 11 is 5.87. The number of carbonyl (C=O) groups is 1. The molecular formula is C15H16ClF3N2O. The summed E-state index contributed by atoms with van der Waals surface area (Å²) in [6.45, 7) is 3.67. The molecule has 22 heavy (non-hydrogen) atoms. The van der Waals surface area contributed by atoms with Gasteiger partial charge in [0.15, 0.2) is 0 Å². The standard InChI is InChI=1S/C15H16ClF3N2O/c1-4-7-20-14(22)13(9(2)3)21-12-6-5-10(8-11(12)16)15(17,18)19/h1,5-6,8-9,13,21H,7H2,2-3H3,(H,20,22)/t13-/m0/s1. The maximum absolute atomic E-state index is 12.6. The van der Waals surface area contributed by atoms with E-state index in [1.165, 1.54) is 6.07 Å². The van der Waals surface area contributed by atoms with Gasteiger partial charge >= 0.3 is 6.18 Å². The van der Waals surface area contributed by atoms with E-state index in [0.29, 0.717) is 0 Å². The molecule has 7 heteroatoms. The molecule has 0 saturated carbocycles. The van der Waals surface area contributed by atoms with E-state index in [1.54, 1.807) is 13.8 Å². The molecule has 0 heterocycles. The topological polar surface area (TPSA) is 41.1 Å². The summed E-state index contributed by atoms with van der Waals surface area (Å²) in [7, 11) is 0. The van der Waals surface area contributed by atoms with Crippen molar-refractivity contribution < 1.29 is 18.0 Å². The van der Waals surface area contributed by atoms with Crippen LogP contribution in [0.15, 0.2) is 18.2 Å². The van der Waals surface area contributed by atoms with Gasteiger partial charge in [-0.05, 0) is 24.1 Å². The fourth-order valence-corrected chi connectivity index (χ4v) is 1.99. The Labute approximate surface area is 132 Å². The smallest absolute Gasteiger partial charge is 0.372 e. The molecule has 0 bridgehead atoms. The van der Waals surface area contributed by atoms with Crippen molar-refractivity contribution in [2.75, 3.05) is 11.9 Å². The normalized spacial score (nSPS) is 12.6. The van der Waals surface area contributed by atoms with Gasteiger partial charge in [-0.25, -0.2) is 0 Å². The first-order valence-electron chi connectivity index (χ1n) is 6.51. The van der Waals surface area contributed by atoms with E-state index in [1.807, 2.05) is 0 Å². The molecule has 1 amide bonds. The third kappa shape index (κ3) is 4.85. The quantitative estimate of drug-likeness (QED) is 0.810. The number of anilines is 1. The van der Waals surface area contributed by atoms with Gasteiger partial charge in [0.2, 0.25) is 5.91 Å². The highest BCUT2D eigenvalue weighted by Gasteiger charge is 2.31. The van der Waals surface area contributed by atoms with Crippen LogP contribution in [0.3, 0.4) is 0 Å². The van der Waals surface area contributed by atoms with Gasteiger partial charge in [-0.3, -0.25) is 4.79 Å². The van der Waals surface area contributed by atoms with E-state index in [2.05, 4.69) is 16.6 Å². The highest BCUT2D eigenvalue weighted by atomic mass is 35.5. The van der Waals surface area contributed by atoms with Crippen molar-refractivity contribution in [3.63, 3.8) is 0 Å². The number of carbonyl (C=O) groups excluding carboxylic acids is 1. The van der Waals surface area contributed by atoms with Gasteiger partial charge in [0.25, 0.3) is 0 Å². The Morgan fingerprint density at radius 3 is 2.50 bits per heavy atom. The molecule has 0 unspecified atom stereocenters. The molecule has 1 aromatic rings. The van der Waals surface area contributed by atoms with E-state index in [0.717, 1.165) is 12.1 Å². The number of amides is 1. The van der Waals surface area contributed by atoms with Crippen LogP contribution in [-0.4, -0.2) is 18.5 Å². The van der Waals surface area contributed by atoms with Crippen LogP contribution >= 0.6 is 11.6 Å². The molecule has 0 aliphatic carbocycles. The van der Waals surface area contributed by atoms with Crippen LogP contribution in [-0.2, 0) is 11.0 Å². The Kier molecular flexibility index (Phi) is 6.12. The van der Waals surface area contributed by atoms with E-state index in [4.69, 9.17) is 18.0 Å². The third-order valence-corrected chi connectivity index (χ3v) is 3.23. The minimum Gasteiger partial charge on any atom is -0.372 e. The van der Waals surface area contributed by atoms with E-state index in [9.17, 15) is 18.0 Å². The van der Waals surface area contributed by atoms with Gasteiger partial charge in [-0.15, -0.1) is 6.42 Å². The van der Waals surface area contributed by atoms with Crippen molar-refractivity contribution in [3.8, 4) is 12.3 Å². The lowest BCUT2D eigenvalue weighted by Crippen LogP contribution is -2.43. The number of nitrogens with one attached hydrogen (secondary N) is 2. The zero-order chi connectivity index (χ0) is 16.9. The summed E-state index contributed by atoms with van der Waals surface area (Å²) in [5, 5.41) is 5.28. The third-order valence-electron chi connectivity index (χ3n) is 2.92. The first-order chi connectivity index (χ1) is 10.2. The maximum Gasteiger partial charge on any atom is 0.416 e. The second-order valence-electron chi connectivity index (χ2n) is 4.98. The Bertz CT molecular complexity index is 579. The zero-order valence-electron chi connectivity index (χ0n) is 12.1. The van der Waals surface area contributed by atoms with Crippen molar-refractivity contribution in [1.29, 1.82) is 0 Å². The second kappa shape index (κ2) is 7.41. The number of hydrogen-bond acceptors (Lipinski definition) is 2. The molecule has 120 valence electrons. The largest absolute Gasteiger partial charge is 0.416 e. The van der Waals surface area contributed by atoms with Gasteiger partial charge in [-0.2, -0.15) is 13.2 Å². The summed E-state index contributed by atoms with van der Waals surface area (Å²) < 4.78 is 37.8. The number of terminal acetylenes is 1. The Morgan fingerprint density at radius 1 is 1.41 bits per heavy atom. The summed E-state index contributed by atoms with van der Waals surface area (Å²) in [5.41, 5.74) is -0.592. The van der Waals surface area contributed by atoms with Crippen LogP contribution < -0.4 is 10.6 Å². The molecule has 1 atom stereocenters. The zero-order valence-corrected chi connectivity index (χ0v) is 12.8. The summed E-state index contributed by atoms with van der Waals surface area (Å²) in [4.78, 5) is 12.0. The lowest BCUT2D eigenvalue weighted by molar-refractivity contribution is -0.137. The van der Waals surface area contributed by atoms with Crippen LogP contribution in [0.4, 0.5) is 18.9 Å². The van der Waals surface area contributed by atoms with Crippen molar-refractivity contribution in [2.24, 2.45) is 5.92 Å². The van der Waals surface area contributed by atoms with Gasteiger partial charge in [0.05, 0.1) is 22.8 Å². The van der Waals surface area contributed by atoms with Gasteiger partial charge in [0, 0.05) is 0 Å². The Hall–Kier alpha value is -1.87. The molecule has 0 aliphatic rings. The molecule has 0 radical (unpaired) electrons. The number of hydrogen-bond donors (Lipinski definition) is 2. The Morgan fingerprint density at radius 2 is 2.05 bits per heavy atom. The SMILES string of the molecule is C#CCNC(=O)[C@@H](Nc1ccc(C(F)(F)F)cc1Cl)C(C)C. The van der Waals surface area contributed by atoms with Crippen molar-refractivity contribution in [3.05, 3.63) is 28.8 Å². The molecule has 3 nitrogen and oxygen atoms in total. The van der Waals surface area contributed by atoms with Crippen LogP contribution in [0.25, 0.3) is 0 Å².